The molecule has 0 heterocycles. The topological polar surface area (TPSA) is 76.1 Å². The summed E-state index contributed by atoms with van der Waals surface area (Å²) < 4.78 is 9.11. The molecule has 18 heavy (non-hydrogen) atoms. The van der Waals surface area contributed by atoms with Gasteiger partial charge in [-0.1, -0.05) is 13.8 Å². The summed E-state index contributed by atoms with van der Waals surface area (Å²) in [5.41, 5.74) is -0.998. The highest BCUT2D eigenvalue weighted by atomic mass is 16.5. The first kappa shape index (κ1) is 16.9. The molecule has 0 saturated heterocycles. The Hall–Kier alpha value is -1.14. The first-order chi connectivity index (χ1) is 8.22. The Morgan fingerprint density at radius 2 is 1.56 bits per heavy atom. The van der Waals surface area contributed by atoms with Gasteiger partial charge in [-0.2, -0.15) is 0 Å². The maximum absolute atomic E-state index is 11.3. The molecule has 106 valence electrons. The molecular formula is C12H23NO5. The summed E-state index contributed by atoms with van der Waals surface area (Å²) in [6.07, 6.45) is 0. The molecular weight excluding hydrogens is 238 g/mol. The van der Waals surface area contributed by atoms with E-state index in [-0.39, 0.29) is 25.6 Å². The largest absolute Gasteiger partial charge is 0.468 e. The smallest absolute Gasteiger partial charge is 0.319 e. The fourth-order valence-corrected chi connectivity index (χ4v) is 1.30. The maximum atomic E-state index is 11.3. The van der Waals surface area contributed by atoms with E-state index in [9.17, 15) is 14.7 Å². The van der Waals surface area contributed by atoms with Crippen LogP contribution < -0.4 is 0 Å². The van der Waals surface area contributed by atoms with Crippen LogP contribution in [0, 0.1) is 5.92 Å². The predicted molar refractivity (Wildman–Crippen MR) is 65.9 cm³/mol. The van der Waals surface area contributed by atoms with Gasteiger partial charge < -0.3 is 14.6 Å². The van der Waals surface area contributed by atoms with Crippen LogP contribution in [0.5, 0.6) is 0 Å². The lowest BCUT2D eigenvalue weighted by Crippen LogP contribution is -2.48. The molecule has 0 spiro atoms. The Morgan fingerprint density at radius 1 is 1.17 bits per heavy atom. The summed E-state index contributed by atoms with van der Waals surface area (Å²) >= 11 is 0. The van der Waals surface area contributed by atoms with Crippen LogP contribution in [-0.2, 0) is 19.1 Å². The van der Waals surface area contributed by atoms with E-state index in [0.717, 1.165) is 0 Å². The van der Waals surface area contributed by atoms with Crippen LogP contribution in [0.4, 0.5) is 0 Å². The first-order valence-corrected chi connectivity index (χ1v) is 5.81. The fourth-order valence-electron chi connectivity index (χ4n) is 1.30. The molecule has 0 rings (SSSR count). The SMILES string of the molecule is COC(=O)CN(CC(=O)OC)CC(C)(O)C(C)C. The number of rotatable bonds is 7. The third-order valence-corrected chi connectivity index (χ3v) is 2.95. The van der Waals surface area contributed by atoms with Gasteiger partial charge in [0.25, 0.3) is 0 Å². The van der Waals surface area contributed by atoms with Crippen molar-refractivity contribution in [3.8, 4) is 0 Å². The normalized spacial score (nSPS) is 14.4. The minimum atomic E-state index is -0.998. The van der Waals surface area contributed by atoms with Crippen LogP contribution in [0.3, 0.4) is 0 Å². The number of hydrogen-bond acceptors (Lipinski definition) is 6. The van der Waals surface area contributed by atoms with Gasteiger partial charge in [0.05, 0.1) is 32.9 Å². The number of carbonyl (C=O) groups excluding carboxylic acids is 2. The molecule has 0 aromatic carbocycles. The Bertz CT molecular complexity index is 270. The van der Waals surface area contributed by atoms with Crippen LogP contribution >= 0.6 is 0 Å². The van der Waals surface area contributed by atoms with E-state index in [1.54, 1.807) is 6.92 Å². The predicted octanol–water partition coefficient (Wildman–Crippen LogP) is 0.0414. The molecule has 6 heteroatoms. The van der Waals surface area contributed by atoms with E-state index in [4.69, 9.17) is 0 Å². The van der Waals surface area contributed by atoms with Gasteiger partial charge in [-0.05, 0) is 12.8 Å². The van der Waals surface area contributed by atoms with E-state index < -0.39 is 17.5 Å². The standard InChI is InChI=1S/C12H23NO5/c1-9(2)12(3,16)8-13(6-10(14)17-4)7-11(15)18-5/h9,16H,6-8H2,1-5H3. The molecule has 0 saturated carbocycles. The van der Waals surface area contributed by atoms with Crippen molar-refractivity contribution in [1.29, 1.82) is 0 Å². The Labute approximate surface area is 108 Å². The number of esters is 2. The molecule has 0 aliphatic heterocycles. The molecule has 0 aliphatic rings. The quantitative estimate of drug-likeness (QED) is 0.652. The monoisotopic (exact) mass is 261 g/mol. The summed E-state index contributed by atoms with van der Waals surface area (Å²) in [6, 6.07) is 0. The molecule has 0 amide bonds. The van der Waals surface area contributed by atoms with Crippen LogP contribution in [0.25, 0.3) is 0 Å². The number of carbonyl (C=O) groups is 2. The van der Waals surface area contributed by atoms with Crippen molar-refractivity contribution in [3.63, 3.8) is 0 Å². The molecule has 0 aliphatic carbocycles. The highest BCUT2D eigenvalue weighted by Crippen LogP contribution is 2.17. The maximum Gasteiger partial charge on any atom is 0.319 e. The molecule has 1 unspecified atom stereocenters. The van der Waals surface area contributed by atoms with E-state index in [1.807, 2.05) is 13.8 Å². The van der Waals surface area contributed by atoms with Crippen molar-refractivity contribution in [1.82, 2.24) is 4.90 Å². The Balaban J connectivity index is 4.65. The Kier molecular flexibility index (Phi) is 6.86. The molecule has 0 aromatic rings. The highest BCUT2D eigenvalue weighted by Gasteiger charge is 2.29. The fraction of sp³-hybridized carbons (Fsp3) is 0.833. The Morgan fingerprint density at radius 3 is 1.83 bits per heavy atom. The summed E-state index contributed by atoms with van der Waals surface area (Å²) in [5.74, 6) is -0.924. The second-order valence-corrected chi connectivity index (χ2v) is 4.81. The van der Waals surface area contributed by atoms with Gasteiger partial charge in [0.2, 0.25) is 0 Å². The molecule has 1 atom stereocenters. The second kappa shape index (κ2) is 7.33. The molecule has 0 radical (unpaired) electrons. The van der Waals surface area contributed by atoms with E-state index in [0.29, 0.717) is 0 Å². The van der Waals surface area contributed by atoms with Gasteiger partial charge >= 0.3 is 11.9 Å². The zero-order valence-electron chi connectivity index (χ0n) is 11.7. The van der Waals surface area contributed by atoms with Crippen LogP contribution in [0.2, 0.25) is 0 Å². The molecule has 6 nitrogen and oxygen atoms in total. The van der Waals surface area contributed by atoms with Crippen LogP contribution in [0.1, 0.15) is 20.8 Å². The molecule has 0 aromatic heterocycles. The van der Waals surface area contributed by atoms with Crippen molar-refractivity contribution in [3.05, 3.63) is 0 Å². The summed E-state index contributed by atoms with van der Waals surface area (Å²) in [7, 11) is 2.55. The van der Waals surface area contributed by atoms with Crippen LogP contribution in [0.15, 0.2) is 0 Å². The zero-order valence-corrected chi connectivity index (χ0v) is 11.7. The van der Waals surface area contributed by atoms with Crippen molar-refractivity contribution in [2.45, 2.75) is 26.4 Å². The number of nitrogens with zero attached hydrogens (tertiary/aromatic N) is 1. The molecule has 0 bridgehead atoms. The van der Waals surface area contributed by atoms with Gasteiger partial charge in [-0.3, -0.25) is 14.5 Å². The van der Waals surface area contributed by atoms with Crippen molar-refractivity contribution in [2.24, 2.45) is 5.92 Å². The number of methoxy groups -OCH3 is 2. The summed E-state index contributed by atoms with van der Waals surface area (Å²) in [4.78, 5) is 24.0. The van der Waals surface area contributed by atoms with Crippen molar-refractivity contribution in [2.75, 3.05) is 33.9 Å². The van der Waals surface area contributed by atoms with E-state index in [1.165, 1.54) is 19.1 Å². The molecule has 0 fully saturated rings. The lowest BCUT2D eigenvalue weighted by atomic mass is 9.92. The average molecular weight is 261 g/mol. The molecule has 1 N–H and O–H groups in total. The highest BCUT2D eigenvalue weighted by molar-refractivity contribution is 5.74. The summed E-state index contributed by atoms with van der Waals surface area (Å²) in [5, 5.41) is 10.2. The van der Waals surface area contributed by atoms with Crippen LogP contribution in [-0.4, -0.2) is 61.4 Å². The van der Waals surface area contributed by atoms with Gasteiger partial charge in [0, 0.05) is 6.54 Å². The summed E-state index contributed by atoms with van der Waals surface area (Å²) in [6.45, 7) is 5.47. The lowest BCUT2D eigenvalue weighted by molar-refractivity contribution is -0.147. The third kappa shape index (κ3) is 5.97. The number of ether oxygens (including phenoxy) is 2. The average Bonchev–Trinajstić information content (AvgIpc) is 2.27. The van der Waals surface area contributed by atoms with Gasteiger partial charge in [0.1, 0.15) is 0 Å². The first-order valence-electron chi connectivity index (χ1n) is 5.81. The number of hydrogen-bond donors (Lipinski definition) is 1. The lowest BCUT2D eigenvalue weighted by Gasteiger charge is -2.33. The van der Waals surface area contributed by atoms with Crippen molar-refractivity contribution >= 4 is 11.9 Å². The van der Waals surface area contributed by atoms with Gasteiger partial charge in [-0.25, -0.2) is 0 Å². The van der Waals surface area contributed by atoms with Gasteiger partial charge in [0.15, 0.2) is 0 Å². The van der Waals surface area contributed by atoms with E-state index in [2.05, 4.69) is 9.47 Å². The third-order valence-electron chi connectivity index (χ3n) is 2.95. The minimum Gasteiger partial charge on any atom is -0.468 e. The van der Waals surface area contributed by atoms with E-state index >= 15 is 0 Å². The van der Waals surface area contributed by atoms with Gasteiger partial charge in [-0.15, -0.1) is 0 Å². The minimum absolute atomic E-state index is 0.00436. The number of aliphatic hydroxyl groups is 1. The second-order valence-electron chi connectivity index (χ2n) is 4.81. The zero-order chi connectivity index (χ0) is 14.3. The van der Waals surface area contributed by atoms with Crippen molar-refractivity contribution < 1.29 is 24.2 Å².